The highest BCUT2D eigenvalue weighted by Crippen LogP contribution is 2.43. The van der Waals surface area contributed by atoms with Crippen molar-refractivity contribution >= 4 is 17.8 Å². The molecule has 4 heterocycles. The number of fused-ring (bicyclic) bond motifs is 1. The average Bonchev–Trinajstić information content (AvgIpc) is 3.37. The van der Waals surface area contributed by atoms with Crippen molar-refractivity contribution in [2.24, 2.45) is 11.3 Å². The summed E-state index contributed by atoms with van der Waals surface area (Å²) in [6, 6.07) is 1.80. The number of rotatable bonds is 5. The first-order chi connectivity index (χ1) is 14.2. The van der Waals surface area contributed by atoms with Crippen molar-refractivity contribution in [3.63, 3.8) is 0 Å². The van der Waals surface area contributed by atoms with Gasteiger partial charge in [-0.05, 0) is 44.4 Å². The number of carbonyl (C=O) groups excluding carboxylic acids is 2. The number of nitrogens with two attached hydrogens (primary N) is 1. The molecule has 2 aromatic heterocycles. The summed E-state index contributed by atoms with van der Waals surface area (Å²) in [5.41, 5.74) is 6.14. The second-order valence-corrected chi connectivity index (χ2v) is 8.78. The Labute approximate surface area is 174 Å². The summed E-state index contributed by atoms with van der Waals surface area (Å²) in [7, 11) is 4.04. The number of furan rings is 1. The Bertz CT molecular complexity index is 967. The molecule has 2 N–H and O–H groups in total. The van der Waals surface area contributed by atoms with E-state index in [0.717, 1.165) is 12.3 Å². The van der Waals surface area contributed by atoms with Crippen LogP contribution < -0.4 is 5.73 Å². The van der Waals surface area contributed by atoms with Crippen LogP contribution in [0.4, 0.5) is 5.95 Å². The molecular formula is C19H28N8O3. The Hall–Kier alpha value is -2.95. The Morgan fingerprint density at radius 1 is 1.27 bits per heavy atom. The minimum absolute atomic E-state index is 0.00350. The van der Waals surface area contributed by atoms with E-state index in [2.05, 4.69) is 20.4 Å². The topological polar surface area (TPSA) is 127 Å². The maximum Gasteiger partial charge on any atom is 0.257 e. The smallest absolute Gasteiger partial charge is 0.257 e. The third-order valence-electron chi connectivity index (χ3n) is 6.15. The van der Waals surface area contributed by atoms with E-state index < -0.39 is 0 Å². The van der Waals surface area contributed by atoms with Gasteiger partial charge in [-0.15, -0.1) is 0 Å². The van der Waals surface area contributed by atoms with E-state index >= 15 is 0 Å². The summed E-state index contributed by atoms with van der Waals surface area (Å²) in [6.45, 7) is 6.88. The van der Waals surface area contributed by atoms with Crippen LogP contribution in [0.1, 0.15) is 21.9 Å². The van der Waals surface area contributed by atoms with Crippen LogP contribution >= 0.6 is 0 Å². The summed E-state index contributed by atoms with van der Waals surface area (Å²) in [5, 5.41) is 10.9. The predicted molar refractivity (Wildman–Crippen MR) is 107 cm³/mol. The van der Waals surface area contributed by atoms with Crippen LogP contribution in [0.3, 0.4) is 0 Å². The molecule has 0 aromatic carbocycles. The second kappa shape index (κ2) is 7.38. The average molecular weight is 416 g/mol. The molecule has 4 rings (SSSR count). The first-order valence-electron chi connectivity index (χ1n) is 9.99. The summed E-state index contributed by atoms with van der Waals surface area (Å²) < 4.78 is 6.85. The summed E-state index contributed by atoms with van der Waals surface area (Å²) in [6.07, 6.45) is 0. The number of anilines is 1. The van der Waals surface area contributed by atoms with Crippen LogP contribution in [0.25, 0.3) is 0 Å². The Kier molecular flexibility index (Phi) is 5.00. The zero-order valence-electron chi connectivity index (χ0n) is 17.8. The minimum atomic E-state index is -0.173. The van der Waals surface area contributed by atoms with Gasteiger partial charge in [-0.25, -0.2) is 4.68 Å². The van der Waals surface area contributed by atoms with Gasteiger partial charge in [0.25, 0.3) is 5.91 Å². The van der Waals surface area contributed by atoms with E-state index in [9.17, 15) is 9.59 Å². The summed E-state index contributed by atoms with van der Waals surface area (Å²) in [4.78, 5) is 31.9. The van der Waals surface area contributed by atoms with E-state index in [1.54, 1.807) is 6.07 Å². The maximum absolute atomic E-state index is 13.1. The zero-order chi connectivity index (χ0) is 21.6. The van der Waals surface area contributed by atoms with Crippen molar-refractivity contribution < 1.29 is 14.0 Å². The van der Waals surface area contributed by atoms with E-state index in [-0.39, 0.29) is 35.6 Å². The van der Waals surface area contributed by atoms with Gasteiger partial charge in [0.2, 0.25) is 11.9 Å². The molecule has 0 aliphatic carbocycles. The van der Waals surface area contributed by atoms with E-state index in [4.69, 9.17) is 10.2 Å². The van der Waals surface area contributed by atoms with Gasteiger partial charge in [0.1, 0.15) is 18.1 Å². The molecular weight excluding hydrogens is 388 g/mol. The van der Waals surface area contributed by atoms with Gasteiger partial charge < -0.3 is 24.9 Å². The lowest BCUT2D eigenvalue weighted by Gasteiger charge is -2.32. The van der Waals surface area contributed by atoms with Crippen LogP contribution in [-0.2, 0) is 11.3 Å². The summed E-state index contributed by atoms with van der Waals surface area (Å²) >= 11 is 0. The molecule has 0 spiro atoms. The Morgan fingerprint density at radius 2 is 1.97 bits per heavy atom. The molecule has 2 saturated heterocycles. The quantitative estimate of drug-likeness (QED) is 0.699. The minimum Gasteiger partial charge on any atom is -0.466 e. The number of amides is 2. The van der Waals surface area contributed by atoms with Crippen LogP contribution in [0, 0.1) is 25.2 Å². The highest BCUT2D eigenvalue weighted by Gasteiger charge is 2.54. The third kappa shape index (κ3) is 3.53. The molecule has 162 valence electrons. The monoisotopic (exact) mass is 416 g/mol. The zero-order valence-corrected chi connectivity index (χ0v) is 17.8. The number of tetrazole rings is 1. The lowest BCUT2D eigenvalue weighted by Crippen LogP contribution is -2.44. The molecule has 2 fully saturated rings. The fourth-order valence-corrected chi connectivity index (χ4v) is 4.94. The fraction of sp³-hybridized carbons (Fsp3) is 0.632. The van der Waals surface area contributed by atoms with Crippen LogP contribution in [0.15, 0.2) is 10.5 Å². The fourth-order valence-electron chi connectivity index (χ4n) is 4.94. The number of hydrogen-bond acceptors (Lipinski definition) is 8. The van der Waals surface area contributed by atoms with Crippen LogP contribution in [0.5, 0.6) is 0 Å². The highest BCUT2D eigenvalue weighted by atomic mass is 16.3. The summed E-state index contributed by atoms with van der Waals surface area (Å²) in [5.74, 6) is 1.63. The van der Waals surface area contributed by atoms with Crippen molar-refractivity contribution in [2.75, 3.05) is 52.6 Å². The van der Waals surface area contributed by atoms with Crippen molar-refractivity contribution in [1.82, 2.24) is 34.9 Å². The first-order valence-corrected chi connectivity index (χ1v) is 9.99. The molecule has 2 aromatic rings. The largest absolute Gasteiger partial charge is 0.466 e. The van der Waals surface area contributed by atoms with Crippen molar-refractivity contribution in [3.8, 4) is 0 Å². The first kappa shape index (κ1) is 20.3. The van der Waals surface area contributed by atoms with Crippen molar-refractivity contribution in [2.45, 2.75) is 20.4 Å². The lowest BCUT2D eigenvalue weighted by molar-refractivity contribution is -0.131. The normalized spacial score (nSPS) is 23.4. The molecule has 0 radical (unpaired) electrons. The molecule has 0 bridgehead atoms. The van der Waals surface area contributed by atoms with Crippen molar-refractivity contribution in [1.29, 1.82) is 0 Å². The molecule has 2 aliphatic rings. The molecule has 11 heteroatoms. The molecule has 2 atom stereocenters. The number of nitrogens with zero attached hydrogens (tertiary/aromatic N) is 7. The maximum atomic E-state index is 13.1. The number of hydrogen-bond donors (Lipinski definition) is 1. The molecule has 2 amide bonds. The van der Waals surface area contributed by atoms with Crippen molar-refractivity contribution in [3.05, 3.63) is 23.2 Å². The van der Waals surface area contributed by atoms with Crippen LogP contribution in [0.2, 0.25) is 0 Å². The van der Waals surface area contributed by atoms with Gasteiger partial charge in [-0.2, -0.15) is 0 Å². The molecule has 2 aliphatic heterocycles. The number of aryl methyl sites for hydroxylation is 2. The molecule has 0 unspecified atom stereocenters. The van der Waals surface area contributed by atoms with Gasteiger partial charge in [-0.3, -0.25) is 9.59 Å². The standard InChI is InChI=1S/C19H28N8O3/c1-12-5-15(13(2)30-12)17(29)26-7-14-6-25(10-19(14,11-26)9-24(3)4)16(28)8-27-18(20)21-22-23-27/h5,14H,6-11H2,1-4H3,(H2,20,21,23)/t14-,19+/m0/s1. The van der Waals surface area contributed by atoms with Gasteiger partial charge in [0, 0.05) is 44.1 Å². The Balaban J connectivity index is 1.50. The molecule has 0 saturated carbocycles. The number of nitrogen functional groups attached to an aromatic ring is 1. The van der Waals surface area contributed by atoms with Gasteiger partial charge in [0.05, 0.1) is 5.56 Å². The van der Waals surface area contributed by atoms with Gasteiger partial charge >= 0.3 is 0 Å². The van der Waals surface area contributed by atoms with Gasteiger partial charge in [0.15, 0.2) is 0 Å². The molecule has 11 nitrogen and oxygen atoms in total. The van der Waals surface area contributed by atoms with Crippen LogP contribution in [-0.4, -0.2) is 93.5 Å². The van der Waals surface area contributed by atoms with E-state index in [1.165, 1.54) is 4.68 Å². The lowest BCUT2D eigenvalue weighted by atomic mass is 9.80. The third-order valence-corrected chi connectivity index (χ3v) is 6.15. The number of carbonyl (C=O) groups is 2. The van der Waals surface area contributed by atoms with Gasteiger partial charge in [-0.1, -0.05) is 5.10 Å². The van der Waals surface area contributed by atoms with E-state index in [0.29, 0.717) is 37.5 Å². The number of likely N-dealkylation sites (tertiary alicyclic amines) is 2. The molecule has 30 heavy (non-hydrogen) atoms. The van der Waals surface area contributed by atoms with E-state index in [1.807, 2.05) is 37.7 Å². The SMILES string of the molecule is Cc1cc(C(=O)N2C[C@@H]3CN(C(=O)Cn4nnnc4N)C[C@]3(CN(C)C)C2)c(C)o1. The highest BCUT2D eigenvalue weighted by molar-refractivity contribution is 5.95. The predicted octanol–water partition coefficient (Wildman–Crippen LogP) is -0.372. The second-order valence-electron chi connectivity index (χ2n) is 8.78. The Morgan fingerprint density at radius 3 is 2.57 bits per heavy atom. The number of aromatic nitrogens is 4.